The van der Waals surface area contributed by atoms with Gasteiger partial charge in [0, 0.05) is 18.5 Å². The maximum absolute atomic E-state index is 12.2. The Morgan fingerprint density at radius 2 is 1.70 bits per heavy atom. The standard InChI is InChI=1S/C19H18N2O5S/c1-14(18(22)15-6-3-2-4-7-15)26-19(23)16-8-10-17(11-9-16)27(24,25)21-13-5-12-20/h2-4,6-11,14,21H,5,13H2,1H3/t14-/m0/s1. The van der Waals surface area contributed by atoms with E-state index in [1.165, 1.54) is 31.2 Å². The molecule has 1 N–H and O–H groups in total. The van der Waals surface area contributed by atoms with Crippen molar-refractivity contribution in [1.82, 2.24) is 4.72 Å². The van der Waals surface area contributed by atoms with Crippen molar-refractivity contribution in [2.24, 2.45) is 0 Å². The summed E-state index contributed by atoms with van der Waals surface area (Å²) in [6, 6.07) is 15.4. The van der Waals surface area contributed by atoms with Crippen molar-refractivity contribution in [3.05, 3.63) is 65.7 Å². The number of hydrogen-bond donors (Lipinski definition) is 1. The zero-order valence-electron chi connectivity index (χ0n) is 14.6. The van der Waals surface area contributed by atoms with E-state index in [2.05, 4.69) is 4.72 Å². The van der Waals surface area contributed by atoms with Crippen LogP contribution in [0.3, 0.4) is 0 Å². The number of nitriles is 1. The third kappa shape index (κ3) is 5.48. The molecule has 0 saturated carbocycles. The quantitative estimate of drug-likeness (QED) is 0.423. The molecule has 2 aromatic carbocycles. The average molecular weight is 386 g/mol. The SMILES string of the molecule is C[C@H](OC(=O)c1ccc(S(=O)(=O)NCCC#N)cc1)C(=O)c1ccccc1. The second kappa shape index (κ2) is 9.07. The Morgan fingerprint density at radius 1 is 1.07 bits per heavy atom. The van der Waals surface area contributed by atoms with Gasteiger partial charge < -0.3 is 4.74 Å². The van der Waals surface area contributed by atoms with Crippen LogP contribution in [-0.4, -0.2) is 32.8 Å². The molecule has 0 aliphatic heterocycles. The molecule has 0 aromatic heterocycles. The predicted molar refractivity (Wildman–Crippen MR) is 97.5 cm³/mol. The lowest BCUT2D eigenvalue weighted by Crippen LogP contribution is -2.25. The van der Waals surface area contributed by atoms with Crippen molar-refractivity contribution in [2.75, 3.05) is 6.54 Å². The molecule has 2 aromatic rings. The molecule has 27 heavy (non-hydrogen) atoms. The van der Waals surface area contributed by atoms with E-state index in [4.69, 9.17) is 10.00 Å². The van der Waals surface area contributed by atoms with Gasteiger partial charge in [-0.05, 0) is 31.2 Å². The zero-order chi connectivity index (χ0) is 19.9. The molecule has 0 unspecified atom stereocenters. The fourth-order valence-corrected chi connectivity index (χ4v) is 3.25. The lowest BCUT2D eigenvalue weighted by molar-refractivity contribution is 0.0318. The first-order valence-corrected chi connectivity index (χ1v) is 9.60. The smallest absolute Gasteiger partial charge is 0.338 e. The molecule has 1 atom stereocenters. The number of sulfonamides is 1. The van der Waals surface area contributed by atoms with Gasteiger partial charge in [-0.15, -0.1) is 0 Å². The average Bonchev–Trinajstić information content (AvgIpc) is 2.68. The van der Waals surface area contributed by atoms with Gasteiger partial charge in [0.2, 0.25) is 15.8 Å². The normalized spacial score (nSPS) is 12.0. The minimum atomic E-state index is -3.75. The highest BCUT2D eigenvalue weighted by Crippen LogP contribution is 2.13. The van der Waals surface area contributed by atoms with Crippen molar-refractivity contribution in [2.45, 2.75) is 24.3 Å². The summed E-state index contributed by atoms with van der Waals surface area (Å²) in [6.07, 6.45) is -0.923. The number of hydrogen-bond acceptors (Lipinski definition) is 6. The van der Waals surface area contributed by atoms with Gasteiger partial charge in [0.1, 0.15) is 0 Å². The second-order valence-electron chi connectivity index (χ2n) is 5.61. The molecule has 0 fully saturated rings. The van der Waals surface area contributed by atoms with E-state index in [0.29, 0.717) is 5.56 Å². The molecule has 0 bridgehead atoms. The van der Waals surface area contributed by atoms with Crippen molar-refractivity contribution in [1.29, 1.82) is 5.26 Å². The van der Waals surface area contributed by atoms with E-state index in [9.17, 15) is 18.0 Å². The monoisotopic (exact) mass is 386 g/mol. The predicted octanol–water partition coefficient (Wildman–Crippen LogP) is 2.31. The van der Waals surface area contributed by atoms with Gasteiger partial charge in [-0.25, -0.2) is 17.9 Å². The summed E-state index contributed by atoms with van der Waals surface area (Å²) in [5.74, 6) is -1.06. The van der Waals surface area contributed by atoms with E-state index in [1.54, 1.807) is 30.3 Å². The van der Waals surface area contributed by atoms with Gasteiger partial charge in [0.15, 0.2) is 6.10 Å². The van der Waals surface area contributed by atoms with Crippen LogP contribution in [0.1, 0.15) is 34.1 Å². The highest BCUT2D eigenvalue weighted by atomic mass is 32.2. The summed E-state index contributed by atoms with van der Waals surface area (Å²) >= 11 is 0. The van der Waals surface area contributed by atoms with Crippen LogP contribution >= 0.6 is 0 Å². The first-order valence-electron chi connectivity index (χ1n) is 8.12. The summed E-state index contributed by atoms with van der Waals surface area (Å²) in [5.41, 5.74) is 0.557. The molecule has 7 nitrogen and oxygen atoms in total. The Morgan fingerprint density at radius 3 is 2.30 bits per heavy atom. The van der Waals surface area contributed by atoms with Gasteiger partial charge in [-0.2, -0.15) is 5.26 Å². The number of carbonyl (C=O) groups is 2. The van der Waals surface area contributed by atoms with Crippen molar-refractivity contribution in [3.63, 3.8) is 0 Å². The van der Waals surface area contributed by atoms with Crippen molar-refractivity contribution >= 4 is 21.8 Å². The summed E-state index contributed by atoms with van der Waals surface area (Å²) in [6.45, 7) is 1.48. The molecule has 0 aliphatic carbocycles. The Hall–Kier alpha value is -3.02. The number of esters is 1. The molecule has 8 heteroatoms. The summed E-state index contributed by atoms with van der Waals surface area (Å²) < 4.78 is 31.5. The summed E-state index contributed by atoms with van der Waals surface area (Å²) in [5, 5.41) is 8.45. The van der Waals surface area contributed by atoms with Crippen LogP contribution in [0.4, 0.5) is 0 Å². The first kappa shape index (κ1) is 20.3. The third-order valence-electron chi connectivity index (χ3n) is 3.64. The van der Waals surface area contributed by atoms with Crippen LogP contribution in [0, 0.1) is 11.3 Å². The van der Waals surface area contributed by atoms with Gasteiger partial charge in [-0.3, -0.25) is 4.79 Å². The number of benzene rings is 2. The minimum absolute atomic E-state index is 0.00172. The molecule has 140 valence electrons. The highest BCUT2D eigenvalue weighted by molar-refractivity contribution is 7.89. The first-order chi connectivity index (χ1) is 12.8. The van der Waals surface area contributed by atoms with E-state index in [-0.39, 0.29) is 29.2 Å². The molecular weight excluding hydrogens is 368 g/mol. The minimum Gasteiger partial charge on any atom is -0.451 e. The molecule has 0 spiro atoms. The van der Waals surface area contributed by atoms with E-state index >= 15 is 0 Å². The van der Waals surface area contributed by atoms with Gasteiger partial charge in [0.25, 0.3) is 0 Å². The number of ether oxygens (including phenoxy) is 1. The third-order valence-corrected chi connectivity index (χ3v) is 5.12. The number of rotatable bonds is 8. The molecule has 0 heterocycles. The number of nitrogens with one attached hydrogen (secondary N) is 1. The maximum Gasteiger partial charge on any atom is 0.338 e. The van der Waals surface area contributed by atoms with Crippen LogP contribution < -0.4 is 4.72 Å². The zero-order valence-corrected chi connectivity index (χ0v) is 15.4. The van der Waals surface area contributed by atoms with E-state index in [0.717, 1.165) is 0 Å². The van der Waals surface area contributed by atoms with E-state index in [1.807, 2.05) is 6.07 Å². The van der Waals surface area contributed by atoms with Crippen LogP contribution in [0.15, 0.2) is 59.5 Å². The van der Waals surface area contributed by atoms with Gasteiger partial charge in [-0.1, -0.05) is 30.3 Å². The topological polar surface area (TPSA) is 113 Å². The molecule has 0 aliphatic rings. The maximum atomic E-state index is 12.2. The number of carbonyl (C=O) groups excluding carboxylic acids is 2. The lowest BCUT2D eigenvalue weighted by Gasteiger charge is -2.12. The van der Waals surface area contributed by atoms with Gasteiger partial charge >= 0.3 is 5.97 Å². The summed E-state index contributed by atoms with van der Waals surface area (Å²) in [7, 11) is -3.75. The molecular formula is C19H18N2O5S. The largest absolute Gasteiger partial charge is 0.451 e. The van der Waals surface area contributed by atoms with Crippen LogP contribution in [0.2, 0.25) is 0 Å². The van der Waals surface area contributed by atoms with Crippen LogP contribution in [0.25, 0.3) is 0 Å². The Bertz CT molecular complexity index is 948. The highest BCUT2D eigenvalue weighted by Gasteiger charge is 2.21. The van der Waals surface area contributed by atoms with Crippen LogP contribution in [-0.2, 0) is 14.8 Å². The Labute approximate surface area is 157 Å². The fraction of sp³-hybridized carbons (Fsp3) is 0.211. The summed E-state index contributed by atoms with van der Waals surface area (Å²) in [4.78, 5) is 24.4. The number of Topliss-reactive ketones (excluding diaryl/α,β-unsaturated/α-hetero) is 1. The number of ketones is 1. The molecule has 2 rings (SSSR count). The molecule has 0 amide bonds. The fourth-order valence-electron chi connectivity index (χ4n) is 2.21. The molecule has 0 radical (unpaired) electrons. The van der Waals surface area contributed by atoms with Crippen molar-refractivity contribution in [3.8, 4) is 6.07 Å². The van der Waals surface area contributed by atoms with E-state index < -0.39 is 22.1 Å². The Kier molecular flexibility index (Phi) is 6.82. The van der Waals surface area contributed by atoms with Crippen molar-refractivity contribution < 1.29 is 22.7 Å². The second-order valence-corrected chi connectivity index (χ2v) is 7.38. The molecule has 0 saturated heterocycles. The lowest BCUT2D eigenvalue weighted by atomic mass is 10.1. The van der Waals surface area contributed by atoms with Crippen LogP contribution in [0.5, 0.6) is 0 Å². The Balaban J connectivity index is 2.03. The number of nitrogens with zero attached hydrogens (tertiary/aromatic N) is 1. The van der Waals surface area contributed by atoms with Gasteiger partial charge in [0.05, 0.1) is 16.5 Å².